The van der Waals surface area contributed by atoms with Crippen molar-refractivity contribution in [3.05, 3.63) is 30.1 Å². The summed E-state index contributed by atoms with van der Waals surface area (Å²) < 4.78 is 0. The third-order valence-corrected chi connectivity index (χ3v) is 2.43. The first-order valence-electron chi connectivity index (χ1n) is 5.74. The van der Waals surface area contributed by atoms with Crippen LogP contribution in [0, 0.1) is 5.41 Å². The van der Waals surface area contributed by atoms with Crippen LogP contribution in [0.25, 0.3) is 0 Å². The number of hydrogen-bond donors (Lipinski definition) is 1. The molecule has 1 aromatic heterocycles. The average molecular weight is 221 g/mol. The van der Waals surface area contributed by atoms with Crippen molar-refractivity contribution in [2.24, 2.45) is 5.41 Å². The van der Waals surface area contributed by atoms with Gasteiger partial charge >= 0.3 is 0 Å². The molecule has 1 N–H and O–H groups in total. The van der Waals surface area contributed by atoms with Gasteiger partial charge in [0.05, 0.1) is 0 Å². The zero-order valence-corrected chi connectivity index (χ0v) is 10.8. The molecule has 1 heterocycles. The van der Waals surface area contributed by atoms with E-state index < -0.39 is 0 Å². The van der Waals surface area contributed by atoms with Crippen molar-refractivity contribution < 1.29 is 0 Å². The van der Waals surface area contributed by atoms with Crippen LogP contribution in [0.2, 0.25) is 0 Å². The lowest BCUT2D eigenvalue weighted by Gasteiger charge is -2.28. The van der Waals surface area contributed by atoms with Crippen LogP contribution in [0.15, 0.2) is 24.5 Å². The van der Waals surface area contributed by atoms with Crippen molar-refractivity contribution >= 4 is 0 Å². The van der Waals surface area contributed by atoms with Gasteiger partial charge in [0.1, 0.15) is 0 Å². The summed E-state index contributed by atoms with van der Waals surface area (Å²) in [7, 11) is 4.23. The maximum Gasteiger partial charge on any atom is 0.0271 e. The fourth-order valence-electron chi connectivity index (χ4n) is 1.96. The normalized spacial score (nSPS) is 12.1. The number of aromatic nitrogens is 1. The second-order valence-corrected chi connectivity index (χ2v) is 5.36. The summed E-state index contributed by atoms with van der Waals surface area (Å²) in [4.78, 5) is 6.24. The van der Waals surface area contributed by atoms with Gasteiger partial charge < -0.3 is 10.2 Å². The highest BCUT2D eigenvalue weighted by Gasteiger charge is 2.17. The van der Waals surface area contributed by atoms with Gasteiger partial charge in [-0.15, -0.1) is 0 Å². The Morgan fingerprint density at radius 3 is 2.44 bits per heavy atom. The largest absolute Gasteiger partial charge is 0.312 e. The molecule has 0 atom stereocenters. The molecule has 0 spiro atoms. The van der Waals surface area contributed by atoms with Crippen molar-refractivity contribution in [3.63, 3.8) is 0 Å². The molecule has 0 amide bonds. The highest BCUT2D eigenvalue weighted by atomic mass is 15.1. The fraction of sp³-hybridized carbons (Fsp3) is 0.615. The van der Waals surface area contributed by atoms with E-state index in [4.69, 9.17) is 0 Å². The predicted molar refractivity (Wildman–Crippen MR) is 68.3 cm³/mol. The minimum atomic E-state index is 0.302. The maximum atomic E-state index is 4.01. The number of nitrogens with one attached hydrogen (secondary N) is 1. The zero-order chi connectivity index (χ0) is 12.0. The monoisotopic (exact) mass is 221 g/mol. The average Bonchev–Trinajstić information content (AvgIpc) is 2.16. The molecule has 0 fully saturated rings. The molecule has 0 saturated heterocycles. The Morgan fingerprint density at radius 2 is 1.88 bits per heavy atom. The van der Waals surface area contributed by atoms with Crippen molar-refractivity contribution in [2.45, 2.75) is 20.4 Å². The standard InChI is InChI=1S/C13H23N3/c1-13(2,11-16(3)4)10-15-9-12-5-7-14-8-6-12/h5-8,15H,9-11H2,1-4H3. The van der Waals surface area contributed by atoms with Gasteiger partial charge in [-0.3, -0.25) is 4.98 Å². The van der Waals surface area contributed by atoms with E-state index in [0.717, 1.165) is 19.6 Å². The van der Waals surface area contributed by atoms with Crippen LogP contribution in [-0.2, 0) is 6.54 Å². The molecular weight excluding hydrogens is 198 g/mol. The molecule has 1 rings (SSSR count). The van der Waals surface area contributed by atoms with Crippen molar-refractivity contribution in [2.75, 3.05) is 27.2 Å². The van der Waals surface area contributed by atoms with E-state index in [1.54, 1.807) is 0 Å². The van der Waals surface area contributed by atoms with Gasteiger partial charge in [0.25, 0.3) is 0 Å². The summed E-state index contributed by atoms with van der Waals surface area (Å²) in [5.74, 6) is 0. The Morgan fingerprint density at radius 1 is 1.25 bits per heavy atom. The van der Waals surface area contributed by atoms with E-state index in [1.165, 1.54) is 5.56 Å². The molecule has 0 unspecified atom stereocenters. The number of pyridine rings is 1. The van der Waals surface area contributed by atoms with Crippen molar-refractivity contribution in [1.82, 2.24) is 15.2 Å². The van der Waals surface area contributed by atoms with Crippen LogP contribution in [0.4, 0.5) is 0 Å². The minimum absolute atomic E-state index is 0.302. The molecule has 3 nitrogen and oxygen atoms in total. The van der Waals surface area contributed by atoms with Crippen LogP contribution in [0.5, 0.6) is 0 Å². The summed E-state index contributed by atoms with van der Waals surface area (Å²) in [6, 6.07) is 4.10. The third kappa shape index (κ3) is 5.24. The molecule has 0 aliphatic carbocycles. The Balaban J connectivity index is 2.30. The summed E-state index contributed by atoms with van der Waals surface area (Å²) in [6.45, 7) is 7.60. The van der Waals surface area contributed by atoms with Crippen LogP contribution >= 0.6 is 0 Å². The van der Waals surface area contributed by atoms with Gasteiger partial charge in [0.15, 0.2) is 0 Å². The first-order chi connectivity index (χ1) is 7.49. The van der Waals surface area contributed by atoms with E-state index in [1.807, 2.05) is 24.5 Å². The van der Waals surface area contributed by atoms with Gasteiger partial charge in [0.2, 0.25) is 0 Å². The van der Waals surface area contributed by atoms with Gasteiger partial charge in [0, 0.05) is 32.0 Å². The Labute approximate surface area is 98.9 Å². The Kier molecular flexibility index (Phi) is 4.90. The second-order valence-electron chi connectivity index (χ2n) is 5.36. The summed E-state index contributed by atoms with van der Waals surface area (Å²) in [5, 5.41) is 3.49. The minimum Gasteiger partial charge on any atom is -0.312 e. The van der Waals surface area contributed by atoms with Crippen LogP contribution < -0.4 is 5.32 Å². The molecule has 90 valence electrons. The van der Waals surface area contributed by atoms with Crippen LogP contribution in [0.1, 0.15) is 19.4 Å². The SMILES string of the molecule is CN(C)CC(C)(C)CNCc1ccncc1. The third-order valence-electron chi connectivity index (χ3n) is 2.43. The topological polar surface area (TPSA) is 28.2 Å². The fourth-order valence-corrected chi connectivity index (χ4v) is 1.96. The first-order valence-corrected chi connectivity index (χ1v) is 5.74. The van der Waals surface area contributed by atoms with Crippen molar-refractivity contribution in [1.29, 1.82) is 0 Å². The maximum absolute atomic E-state index is 4.01. The van der Waals surface area contributed by atoms with E-state index in [9.17, 15) is 0 Å². The van der Waals surface area contributed by atoms with E-state index in [-0.39, 0.29) is 0 Å². The number of nitrogens with zero attached hydrogens (tertiary/aromatic N) is 2. The number of rotatable bonds is 6. The van der Waals surface area contributed by atoms with E-state index in [0.29, 0.717) is 5.41 Å². The highest BCUT2D eigenvalue weighted by molar-refractivity contribution is 5.09. The van der Waals surface area contributed by atoms with Crippen LogP contribution in [0.3, 0.4) is 0 Å². The molecule has 0 saturated carbocycles. The molecule has 0 aliphatic rings. The lowest BCUT2D eigenvalue weighted by Crippen LogP contribution is -2.37. The molecule has 0 bridgehead atoms. The predicted octanol–water partition coefficient (Wildman–Crippen LogP) is 1.76. The van der Waals surface area contributed by atoms with Gasteiger partial charge in [-0.05, 0) is 37.2 Å². The smallest absolute Gasteiger partial charge is 0.0271 e. The summed E-state index contributed by atoms with van der Waals surface area (Å²) in [6.07, 6.45) is 3.67. The van der Waals surface area contributed by atoms with Crippen molar-refractivity contribution in [3.8, 4) is 0 Å². The van der Waals surface area contributed by atoms with E-state index >= 15 is 0 Å². The number of hydrogen-bond acceptors (Lipinski definition) is 3. The van der Waals surface area contributed by atoms with Crippen LogP contribution in [-0.4, -0.2) is 37.1 Å². The van der Waals surface area contributed by atoms with Gasteiger partial charge in [-0.25, -0.2) is 0 Å². The molecule has 1 aromatic rings. The zero-order valence-electron chi connectivity index (χ0n) is 10.8. The molecule has 16 heavy (non-hydrogen) atoms. The molecule has 0 radical (unpaired) electrons. The van der Waals surface area contributed by atoms with Gasteiger partial charge in [-0.2, -0.15) is 0 Å². The second kappa shape index (κ2) is 5.97. The lowest BCUT2D eigenvalue weighted by molar-refractivity contribution is 0.232. The molecule has 0 aromatic carbocycles. The highest BCUT2D eigenvalue weighted by Crippen LogP contribution is 2.14. The molecule has 3 heteroatoms. The lowest BCUT2D eigenvalue weighted by atomic mass is 9.93. The van der Waals surface area contributed by atoms with Gasteiger partial charge in [-0.1, -0.05) is 13.8 Å². The van der Waals surface area contributed by atoms with E-state index in [2.05, 4.69) is 43.1 Å². The molecular formula is C13H23N3. The quantitative estimate of drug-likeness (QED) is 0.793. The summed E-state index contributed by atoms with van der Waals surface area (Å²) in [5.41, 5.74) is 1.59. The Bertz CT molecular complexity index is 293. The first kappa shape index (κ1) is 13.1. The molecule has 0 aliphatic heterocycles. The Hall–Kier alpha value is -0.930. The summed E-state index contributed by atoms with van der Waals surface area (Å²) >= 11 is 0.